The lowest BCUT2D eigenvalue weighted by molar-refractivity contribution is 0.585. The van der Waals surface area contributed by atoms with Gasteiger partial charge in [-0.2, -0.15) is 0 Å². The number of hydrogen-bond acceptors (Lipinski definition) is 3. The molecule has 1 aromatic carbocycles. The van der Waals surface area contributed by atoms with Gasteiger partial charge in [0.05, 0.1) is 21.4 Å². The molecule has 0 fully saturated rings. The molecule has 116 valence electrons. The fourth-order valence-electron chi connectivity index (χ4n) is 2.44. The van der Waals surface area contributed by atoms with Gasteiger partial charge < -0.3 is 0 Å². The maximum atomic E-state index is 13.0. The van der Waals surface area contributed by atoms with Crippen LogP contribution in [0, 0.1) is 0 Å². The van der Waals surface area contributed by atoms with Gasteiger partial charge in [0, 0.05) is 6.54 Å². The molecule has 0 spiro atoms. The number of fused-ring (bicyclic) bond motifs is 1. The van der Waals surface area contributed by atoms with E-state index >= 15 is 0 Å². The summed E-state index contributed by atoms with van der Waals surface area (Å²) in [5.41, 5.74) is 1.34. The van der Waals surface area contributed by atoms with Crippen molar-refractivity contribution in [1.82, 2.24) is 4.98 Å². The predicted molar refractivity (Wildman–Crippen MR) is 91.3 cm³/mol. The molecule has 2 aromatic rings. The number of aryl methyl sites for hydroxylation is 1. The van der Waals surface area contributed by atoms with Crippen LogP contribution in [0.15, 0.2) is 39.8 Å². The third-order valence-electron chi connectivity index (χ3n) is 3.44. The Bertz CT molecular complexity index is 843. The molecule has 0 saturated carbocycles. The third kappa shape index (κ3) is 2.73. The molecule has 0 unspecified atom stereocenters. The maximum absolute atomic E-state index is 13.0. The smallest absolute Gasteiger partial charge is 0.264 e. The first kappa shape index (κ1) is 16.1. The minimum Gasteiger partial charge on any atom is -0.264 e. The van der Waals surface area contributed by atoms with Crippen molar-refractivity contribution in [3.63, 3.8) is 0 Å². The van der Waals surface area contributed by atoms with Crippen LogP contribution in [0.2, 0.25) is 10.0 Å². The van der Waals surface area contributed by atoms with E-state index < -0.39 is 10.0 Å². The molecule has 1 aliphatic rings. The summed E-state index contributed by atoms with van der Waals surface area (Å²) in [6, 6.07) is 8.08. The van der Waals surface area contributed by atoms with E-state index in [2.05, 4.69) is 20.9 Å². The third-order valence-corrected chi connectivity index (χ3v) is 6.67. The Morgan fingerprint density at radius 1 is 1.18 bits per heavy atom. The highest BCUT2D eigenvalue weighted by Crippen LogP contribution is 2.36. The van der Waals surface area contributed by atoms with Crippen LogP contribution in [-0.4, -0.2) is 19.9 Å². The minimum atomic E-state index is -3.78. The number of halogens is 3. The van der Waals surface area contributed by atoms with E-state index in [-0.39, 0.29) is 14.9 Å². The van der Waals surface area contributed by atoms with E-state index in [1.807, 2.05) is 0 Å². The highest BCUT2D eigenvalue weighted by Gasteiger charge is 2.31. The van der Waals surface area contributed by atoms with Gasteiger partial charge in [-0.1, -0.05) is 29.3 Å². The van der Waals surface area contributed by atoms with Gasteiger partial charge in [0.25, 0.3) is 10.0 Å². The average Bonchev–Trinajstić information content (AvgIpc) is 2.48. The Kier molecular flexibility index (Phi) is 4.38. The largest absolute Gasteiger partial charge is 0.265 e. The molecule has 3 rings (SSSR count). The number of hydrogen-bond donors (Lipinski definition) is 0. The highest BCUT2D eigenvalue weighted by atomic mass is 79.9. The topological polar surface area (TPSA) is 50.3 Å². The Labute approximate surface area is 147 Å². The van der Waals surface area contributed by atoms with Crippen LogP contribution in [0.1, 0.15) is 12.1 Å². The molecule has 4 nitrogen and oxygen atoms in total. The van der Waals surface area contributed by atoms with Gasteiger partial charge >= 0.3 is 0 Å². The van der Waals surface area contributed by atoms with Crippen LogP contribution in [0.4, 0.5) is 5.69 Å². The fourth-order valence-corrected chi connectivity index (χ4v) is 5.05. The fraction of sp³-hybridized carbons (Fsp3) is 0.214. The summed E-state index contributed by atoms with van der Waals surface area (Å²) in [6.07, 6.45) is 1.44. The number of nitrogens with zero attached hydrogens (tertiary/aromatic N) is 2. The molecule has 0 N–H and O–H groups in total. The van der Waals surface area contributed by atoms with Gasteiger partial charge in [0.1, 0.15) is 9.50 Å². The van der Waals surface area contributed by atoms with Gasteiger partial charge in [0.15, 0.2) is 0 Å². The van der Waals surface area contributed by atoms with Gasteiger partial charge in [-0.15, -0.1) is 0 Å². The van der Waals surface area contributed by atoms with Gasteiger partial charge in [-0.05, 0) is 53.0 Å². The van der Waals surface area contributed by atoms with Gasteiger partial charge in [-0.25, -0.2) is 13.4 Å². The molecule has 22 heavy (non-hydrogen) atoms. The van der Waals surface area contributed by atoms with Crippen molar-refractivity contribution in [3.05, 3.63) is 50.7 Å². The zero-order chi connectivity index (χ0) is 15.9. The molecule has 0 amide bonds. The summed E-state index contributed by atoms with van der Waals surface area (Å²) in [6.45, 7) is 0.390. The van der Waals surface area contributed by atoms with E-state index in [1.54, 1.807) is 24.3 Å². The number of sulfonamides is 1. The molecule has 1 aromatic heterocycles. The van der Waals surface area contributed by atoms with E-state index in [0.717, 1.165) is 12.1 Å². The lowest BCUT2D eigenvalue weighted by Crippen LogP contribution is -2.36. The van der Waals surface area contributed by atoms with Crippen LogP contribution in [0.3, 0.4) is 0 Å². The molecular formula is C14H11BrCl2N2O2S. The van der Waals surface area contributed by atoms with Crippen LogP contribution >= 0.6 is 39.1 Å². The van der Waals surface area contributed by atoms with Crippen molar-refractivity contribution < 1.29 is 8.42 Å². The van der Waals surface area contributed by atoms with Crippen molar-refractivity contribution in [2.24, 2.45) is 0 Å². The average molecular weight is 422 g/mol. The SMILES string of the molecule is O=S(=O)(c1cccc(Cl)c1Cl)N1CCCc2nc(Br)ccc21. The van der Waals surface area contributed by atoms with Crippen molar-refractivity contribution in [2.75, 3.05) is 10.8 Å². The minimum absolute atomic E-state index is 0.0115. The van der Waals surface area contributed by atoms with Crippen LogP contribution < -0.4 is 4.31 Å². The first-order valence-electron chi connectivity index (χ1n) is 6.53. The zero-order valence-electron chi connectivity index (χ0n) is 11.3. The van der Waals surface area contributed by atoms with Crippen molar-refractivity contribution in [1.29, 1.82) is 0 Å². The summed E-state index contributed by atoms with van der Waals surface area (Å²) in [5, 5.41) is 0.260. The molecule has 0 bridgehead atoms. The van der Waals surface area contributed by atoms with Gasteiger partial charge in [0.2, 0.25) is 0 Å². The second-order valence-corrected chi connectivity index (χ2v) is 8.26. The van der Waals surface area contributed by atoms with E-state index in [0.29, 0.717) is 23.3 Å². The Hall–Kier alpha value is -0.820. The molecule has 2 heterocycles. The summed E-state index contributed by atoms with van der Waals surface area (Å²) >= 11 is 15.3. The molecule has 1 aliphatic heterocycles. The molecule has 8 heteroatoms. The van der Waals surface area contributed by atoms with Crippen LogP contribution in [0.25, 0.3) is 0 Å². The number of anilines is 1. The summed E-state index contributed by atoms with van der Waals surface area (Å²) < 4.78 is 27.9. The lowest BCUT2D eigenvalue weighted by atomic mass is 10.1. The lowest BCUT2D eigenvalue weighted by Gasteiger charge is -2.30. The quantitative estimate of drug-likeness (QED) is 0.679. The highest BCUT2D eigenvalue weighted by molar-refractivity contribution is 9.10. The van der Waals surface area contributed by atoms with E-state index in [4.69, 9.17) is 23.2 Å². The number of pyridine rings is 1. The first-order chi connectivity index (χ1) is 10.4. The number of benzene rings is 1. The summed E-state index contributed by atoms with van der Waals surface area (Å²) in [4.78, 5) is 4.37. The second-order valence-electron chi connectivity index (χ2n) is 4.83. The van der Waals surface area contributed by atoms with Crippen LogP contribution in [-0.2, 0) is 16.4 Å². The van der Waals surface area contributed by atoms with Crippen molar-refractivity contribution in [3.8, 4) is 0 Å². The monoisotopic (exact) mass is 420 g/mol. The van der Waals surface area contributed by atoms with E-state index in [1.165, 1.54) is 10.4 Å². The van der Waals surface area contributed by atoms with Crippen molar-refractivity contribution >= 4 is 54.8 Å². The maximum Gasteiger partial charge on any atom is 0.265 e. The van der Waals surface area contributed by atoms with Gasteiger partial charge in [-0.3, -0.25) is 4.31 Å². The number of rotatable bonds is 2. The normalized spacial score (nSPS) is 14.8. The standard InChI is InChI=1S/C14H11BrCl2N2O2S/c15-13-7-6-11-10(18-13)4-2-8-19(11)22(20,21)12-5-1-3-9(16)14(12)17/h1,3,5-7H,2,4,8H2. The first-order valence-corrected chi connectivity index (χ1v) is 9.52. The molecule has 0 atom stereocenters. The molecule has 0 aliphatic carbocycles. The van der Waals surface area contributed by atoms with Crippen LogP contribution in [0.5, 0.6) is 0 Å². The zero-order valence-corrected chi connectivity index (χ0v) is 15.2. The Balaban J connectivity index is 2.14. The molecule has 0 radical (unpaired) electrons. The second kappa shape index (κ2) is 6.00. The predicted octanol–water partition coefficient (Wildman–Crippen LogP) is 4.29. The molecular weight excluding hydrogens is 411 g/mol. The summed E-state index contributed by atoms with van der Waals surface area (Å²) in [7, 11) is -3.78. The number of aromatic nitrogens is 1. The summed E-state index contributed by atoms with van der Waals surface area (Å²) in [5.74, 6) is 0. The van der Waals surface area contributed by atoms with E-state index in [9.17, 15) is 8.42 Å². The van der Waals surface area contributed by atoms with Crippen molar-refractivity contribution in [2.45, 2.75) is 17.7 Å². The Morgan fingerprint density at radius 2 is 1.95 bits per heavy atom. The molecule has 0 saturated heterocycles. The Morgan fingerprint density at radius 3 is 2.73 bits per heavy atom.